The second kappa shape index (κ2) is 7.02. The number of carbonyl (C=O) groups excluding carboxylic acids is 1. The number of rotatable bonds is 3. The Balaban J connectivity index is 1.49. The van der Waals surface area contributed by atoms with E-state index in [1.54, 1.807) is 6.20 Å². The number of pyridine rings is 1. The molecule has 0 aliphatic carbocycles. The van der Waals surface area contributed by atoms with Crippen molar-refractivity contribution >= 4 is 11.7 Å². The van der Waals surface area contributed by atoms with Crippen LogP contribution in [0.1, 0.15) is 36.9 Å². The number of likely N-dealkylation sites (tertiary alicyclic amines) is 1. The van der Waals surface area contributed by atoms with Crippen molar-refractivity contribution in [2.75, 3.05) is 24.5 Å². The molecule has 1 amide bonds. The van der Waals surface area contributed by atoms with Crippen molar-refractivity contribution in [2.45, 2.75) is 39.2 Å². The standard InChI is InChI=1S/C20H25N5O/c1-16-5-6-18(23-22-16)24-11-3-8-20(14-24)9-7-19(26)25(15-20)13-17-4-2-10-21-12-17/h2,4-6,10,12H,3,7-9,11,13-15H2,1H3/t20-/m0/s1. The van der Waals surface area contributed by atoms with Crippen molar-refractivity contribution in [2.24, 2.45) is 5.41 Å². The zero-order valence-electron chi connectivity index (χ0n) is 15.3. The summed E-state index contributed by atoms with van der Waals surface area (Å²) in [6.45, 7) is 5.38. The molecule has 2 fully saturated rings. The van der Waals surface area contributed by atoms with E-state index in [0.29, 0.717) is 13.0 Å². The SMILES string of the molecule is Cc1ccc(N2CCC[C@]3(CCC(=O)N(Cc4cccnc4)C3)C2)nn1. The molecule has 4 rings (SSSR count). The van der Waals surface area contributed by atoms with Gasteiger partial charge in [0.15, 0.2) is 5.82 Å². The van der Waals surface area contributed by atoms with Crippen LogP contribution in [-0.4, -0.2) is 45.6 Å². The minimum absolute atomic E-state index is 0.154. The van der Waals surface area contributed by atoms with Gasteiger partial charge < -0.3 is 9.80 Å². The van der Waals surface area contributed by atoms with Crippen LogP contribution in [0.25, 0.3) is 0 Å². The van der Waals surface area contributed by atoms with E-state index in [-0.39, 0.29) is 11.3 Å². The molecule has 0 unspecified atom stereocenters. The number of aromatic nitrogens is 3. The Labute approximate surface area is 154 Å². The molecule has 2 aliphatic heterocycles. The first-order valence-electron chi connectivity index (χ1n) is 9.36. The van der Waals surface area contributed by atoms with Gasteiger partial charge >= 0.3 is 0 Å². The first-order chi connectivity index (χ1) is 12.6. The highest BCUT2D eigenvalue weighted by Gasteiger charge is 2.42. The summed E-state index contributed by atoms with van der Waals surface area (Å²) >= 11 is 0. The minimum atomic E-state index is 0.154. The van der Waals surface area contributed by atoms with Crippen LogP contribution >= 0.6 is 0 Å². The third kappa shape index (κ3) is 3.54. The number of nitrogens with zero attached hydrogens (tertiary/aromatic N) is 5. The van der Waals surface area contributed by atoms with Gasteiger partial charge in [-0.25, -0.2) is 0 Å². The summed E-state index contributed by atoms with van der Waals surface area (Å²) in [5, 5.41) is 8.58. The highest BCUT2D eigenvalue weighted by atomic mass is 16.2. The van der Waals surface area contributed by atoms with Gasteiger partial charge in [0.1, 0.15) is 0 Å². The maximum Gasteiger partial charge on any atom is 0.222 e. The molecule has 6 heteroatoms. The zero-order valence-corrected chi connectivity index (χ0v) is 15.3. The smallest absolute Gasteiger partial charge is 0.222 e. The summed E-state index contributed by atoms with van der Waals surface area (Å²) in [6, 6.07) is 8.04. The summed E-state index contributed by atoms with van der Waals surface area (Å²) in [5.41, 5.74) is 2.18. The van der Waals surface area contributed by atoms with Gasteiger partial charge in [-0.2, -0.15) is 5.10 Å². The summed E-state index contributed by atoms with van der Waals surface area (Å²) in [6.07, 6.45) is 7.51. The lowest BCUT2D eigenvalue weighted by Crippen LogP contribution is -2.54. The number of carbonyl (C=O) groups is 1. The van der Waals surface area contributed by atoms with E-state index in [4.69, 9.17) is 0 Å². The summed E-state index contributed by atoms with van der Waals surface area (Å²) in [4.78, 5) is 21.0. The lowest BCUT2D eigenvalue weighted by molar-refractivity contribution is -0.138. The van der Waals surface area contributed by atoms with Crippen LogP contribution in [0, 0.1) is 12.3 Å². The first-order valence-corrected chi connectivity index (χ1v) is 9.36. The van der Waals surface area contributed by atoms with E-state index in [0.717, 1.165) is 49.6 Å². The quantitative estimate of drug-likeness (QED) is 0.850. The maximum atomic E-state index is 12.5. The van der Waals surface area contributed by atoms with Gasteiger partial charge in [0.2, 0.25) is 5.91 Å². The Morgan fingerprint density at radius 1 is 1.15 bits per heavy atom. The van der Waals surface area contributed by atoms with E-state index in [1.165, 1.54) is 6.42 Å². The van der Waals surface area contributed by atoms with E-state index >= 15 is 0 Å². The van der Waals surface area contributed by atoms with E-state index in [9.17, 15) is 4.79 Å². The van der Waals surface area contributed by atoms with Crippen molar-refractivity contribution in [3.05, 3.63) is 47.9 Å². The van der Waals surface area contributed by atoms with Gasteiger partial charge in [-0.1, -0.05) is 6.07 Å². The van der Waals surface area contributed by atoms with E-state index in [2.05, 4.69) is 26.1 Å². The molecule has 0 radical (unpaired) electrons. The Hall–Kier alpha value is -2.50. The first kappa shape index (κ1) is 16.9. The fraction of sp³-hybridized carbons (Fsp3) is 0.500. The molecule has 2 aromatic heterocycles. The largest absolute Gasteiger partial charge is 0.355 e. The molecule has 0 bridgehead atoms. The molecule has 2 aliphatic rings. The molecule has 1 atom stereocenters. The molecular weight excluding hydrogens is 326 g/mol. The van der Waals surface area contributed by atoms with Crippen LogP contribution in [0.15, 0.2) is 36.7 Å². The molecule has 4 heterocycles. The van der Waals surface area contributed by atoms with Crippen LogP contribution in [0.2, 0.25) is 0 Å². The van der Waals surface area contributed by atoms with Crippen molar-refractivity contribution < 1.29 is 4.79 Å². The topological polar surface area (TPSA) is 62.2 Å². The minimum Gasteiger partial charge on any atom is -0.355 e. The van der Waals surface area contributed by atoms with E-state index < -0.39 is 0 Å². The third-order valence-electron chi connectivity index (χ3n) is 5.61. The molecule has 0 aromatic carbocycles. The number of aryl methyl sites for hydroxylation is 1. The molecular formula is C20H25N5O. The Morgan fingerprint density at radius 3 is 2.85 bits per heavy atom. The van der Waals surface area contributed by atoms with Gasteiger partial charge in [0.05, 0.1) is 5.69 Å². The molecule has 1 spiro atoms. The fourth-order valence-corrected chi connectivity index (χ4v) is 4.26. The van der Waals surface area contributed by atoms with Gasteiger partial charge in [-0.15, -0.1) is 5.10 Å². The van der Waals surface area contributed by atoms with Crippen molar-refractivity contribution in [3.8, 4) is 0 Å². The summed E-state index contributed by atoms with van der Waals surface area (Å²) < 4.78 is 0. The number of hydrogen-bond acceptors (Lipinski definition) is 5. The predicted molar refractivity (Wildman–Crippen MR) is 99.5 cm³/mol. The number of hydrogen-bond donors (Lipinski definition) is 0. The number of piperidine rings is 2. The molecule has 6 nitrogen and oxygen atoms in total. The number of amides is 1. The molecule has 0 N–H and O–H groups in total. The van der Waals surface area contributed by atoms with Crippen molar-refractivity contribution in [3.63, 3.8) is 0 Å². The molecule has 136 valence electrons. The summed E-state index contributed by atoms with van der Waals surface area (Å²) in [5.74, 6) is 1.21. The van der Waals surface area contributed by atoms with Crippen molar-refractivity contribution in [1.82, 2.24) is 20.1 Å². The zero-order chi connectivity index (χ0) is 18.0. The average Bonchev–Trinajstić information content (AvgIpc) is 2.67. The average molecular weight is 351 g/mol. The van der Waals surface area contributed by atoms with Crippen LogP contribution in [0.3, 0.4) is 0 Å². The van der Waals surface area contributed by atoms with Crippen molar-refractivity contribution in [1.29, 1.82) is 0 Å². The van der Waals surface area contributed by atoms with Gasteiger partial charge in [0.25, 0.3) is 0 Å². The van der Waals surface area contributed by atoms with Gasteiger partial charge in [-0.3, -0.25) is 9.78 Å². The lowest BCUT2D eigenvalue weighted by Gasteiger charge is -2.48. The normalized spacial score (nSPS) is 23.5. The van der Waals surface area contributed by atoms with Crippen LogP contribution < -0.4 is 4.90 Å². The maximum absolute atomic E-state index is 12.5. The third-order valence-corrected chi connectivity index (χ3v) is 5.61. The fourth-order valence-electron chi connectivity index (χ4n) is 4.26. The van der Waals surface area contributed by atoms with Crippen LogP contribution in [0.5, 0.6) is 0 Å². The monoisotopic (exact) mass is 351 g/mol. The Kier molecular flexibility index (Phi) is 4.57. The lowest BCUT2D eigenvalue weighted by atomic mass is 9.73. The summed E-state index contributed by atoms with van der Waals surface area (Å²) in [7, 11) is 0. The second-order valence-electron chi connectivity index (χ2n) is 7.67. The molecule has 2 saturated heterocycles. The Bertz CT molecular complexity index is 764. The number of anilines is 1. The molecule has 0 saturated carbocycles. The van der Waals surface area contributed by atoms with Crippen LogP contribution in [0.4, 0.5) is 5.82 Å². The van der Waals surface area contributed by atoms with Gasteiger partial charge in [-0.05, 0) is 49.9 Å². The Morgan fingerprint density at radius 2 is 2.08 bits per heavy atom. The van der Waals surface area contributed by atoms with Gasteiger partial charge in [0, 0.05) is 50.4 Å². The second-order valence-corrected chi connectivity index (χ2v) is 7.67. The van der Waals surface area contributed by atoms with E-state index in [1.807, 2.05) is 36.2 Å². The van der Waals surface area contributed by atoms with Crippen LogP contribution in [-0.2, 0) is 11.3 Å². The predicted octanol–water partition coefficient (Wildman–Crippen LogP) is 2.59. The molecule has 26 heavy (non-hydrogen) atoms. The molecule has 2 aromatic rings. The highest BCUT2D eigenvalue weighted by Crippen LogP contribution is 2.40. The highest BCUT2D eigenvalue weighted by molar-refractivity contribution is 5.77.